The van der Waals surface area contributed by atoms with Gasteiger partial charge in [-0.1, -0.05) is 19.8 Å². The summed E-state index contributed by atoms with van der Waals surface area (Å²) in [5, 5.41) is 16.4. The summed E-state index contributed by atoms with van der Waals surface area (Å²) < 4.78 is 0. The van der Waals surface area contributed by atoms with Gasteiger partial charge in [0.05, 0.1) is 11.6 Å². The fourth-order valence-corrected chi connectivity index (χ4v) is 3.24. The SMILES string of the molecule is CCC(O)CNC1(c2nccs2)CCCC1. The zero-order valence-electron chi connectivity index (χ0n) is 9.78. The topological polar surface area (TPSA) is 45.1 Å². The van der Waals surface area contributed by atoms with E-state index in [0.717, 1.165) is 19.3 Å². The van der Waals surface area contributed by atoms with E-state index in [-0.39, 0.29) is 11.6 Å². The minimum atomic E-state index is -0.238. The average Bonchev–Trinajstić information content (AvgIpc) is 2.96. The Labute approximate surface area is 101 Å². The third kappa shape index (κ3) is 2.44. The lowest BCUT2D eigenvalue weighted by atomic mass is 9.98. The molecule has 0 saturated heterocycles. The first-order valence-electron chi connectivity index (χ1n) is 6.10. The Hall–Kier alpha value is -0.450. The highest BCUT2D eigenvalue weighted by Crippen LogP contribution is 2.39. The number of hydrogen-bond donors (Lipinski definition) is 2. The van der Waals surface area contributed by atoms with Gasteiger partial charge in [-0.2, -0.15) is 0 Å². The third-order valence-electron chi connectivity index (χ3n) is 3.45. The first-order chi connectivity index (χ1) is 7.77. The van der Waals surface area contributed by atoms with Crippen LogP contribution in [0.25, 0.3) is 0 Å². The van der Waals surface area contributed by atoms with Gasteiger partial charge in [-0.05, 0) is 19.3 Å². The van der Waals surface area contributed by atoms with Crippen LogP contribution >= 0.6 is 11.3 Å². The summed E-state index contributed by atoms with van der Waals surface area (Å²) >= 11 is 1.72. The zero-order chi connectivity index (χ0) is 11.4. The van der Waals surface area contributed by atoms with E-state index in [1.807, 2.05) is 18.5 Å². The van der Waals surface area contributed by atoms with Gasteiger partial charge in [0.1, 0.15) is 5.01 Å². The number of thiazole rings is 1. The highest BCUT2D eigenvalue weighted by molar-refractivity contribution is 7.09. The second kappa shape index (κ2) is 5.25. The molecule has 2 N–H and O–H groups in total. The van der Waals surface area contributed by atoms with Crippen LogP contribution in [0.15, 0.2) is 11.6 Å². The van der Waals surface area contributed by atoms with Crippen LogP contribution < -0.4 is 5.32 Å². The number of aliphatic hydroxyl groups excluding tert-OH is 1. The Bertz CT molecular complexity index is 307. The van der Waals surface area contributed by atoms with Gasteiger partial charge in [-0.25, -0.2) is 4.98 Å². The molecule has 0 aromatic carbocycles. The third-order valence-corrected chi connectivity index (χ3v) is 4.42. The molecule has 1 aromatic heterocycles. The van der Waals surface area contributed by atoms with E-state index in [4.69, 9.17) is 0 Å². The van der Waals surface area contributed by atoms with Gasteiger partial charge in [0.2, 0.25) is 0 Å². The van der Waals surface area contributed by atoms with Gasteiger partial charge in [0.25, 0.3) is 0 Å². The van der Waals surface area contributed by atoms with Gasteiger partial charge < -0.3 is 10.4 Å². The predicted octanol–water partition coefficient (Wildman–Crippen LogP) is 2.27. The predicted molar refractivity (Wildman–Crippen MR) is 66.6 cm³/mol. The molecule has 1 heterocycles. The molecule has 1 fully saturated rings. The summed E-state index contributed by atoms with van der Waals surface area (Å²) in [6.45, 7) is 2.69. The molecule has 0 radical (unpaired) electrons. The van der Waals surface area contributed by atoms with Crippen LogP contribution in [0.5, 0.6) is 0 Å². The van der Waals surface area contributed by atoms with Crippen molar-refractivity contribution in [1.29, 1.82) is 0 Å². The van der Waals surface area contributed by atoms with E-state index in [1.165, 1.54) is 17.8 Å². The van der Waals surface area contributed by atoms with Crippen molar-refractivity contribution in [3.63, 3.8) is 0 Å². The first-order valence-corrected chi connectivity index (χ1v) is 6.98. The van der Waals surface area contributed by atoms with Crippen molar-refractivity contribution in [2.75, 3.05) is 6.54 Å². The molecule has 3 nitrogen and oxygen atoms in total. The molecule has 1 aliphatic rings. The Morgan fingerprint density at radius 1 is 1.56 bits per heavy atom. The number of aliphatic hydroxyl groups is 1. The lowest BCUT2D eigenvalue weighted by Gasteiger charge is -2.29. The molecule has 1 saturated carbocycles. The number of hydrogen-bond acceptors (Lipinski definition) is 4. The van der Waals surface area contributed by atoms with Crippen LogP contribution in [-0.4, -0.2) is 22.7 Å². The quantitative estimate of drug-likeness (QED) is 0.830. The van der Waals surface area contributed by atoms with Crippen LogP contribution in [0.1, 0.15) is 44.0 Å². The van der Waals surface area contributed by atoms with Crippen LogP contribution in [-0.2, 0) is 5.54 Å². The second-order valence-electron chi connectivity index (χ2n) is 4.57. The maximum atomic E-state index is 9.65. The van der Waals surface area contributed by atoms with Gasteiger partial charge in [0, 0.05) is 18.1 Å². The van der Waals surface area contributed by atoms with Crippen molar-refractivity contribution < 1.29 is 5.11 Å². The zero-order valence-corrected chi connectivity index (χ0v) is 10.6. The summed E-state index contributed by atoms with van der Waals surface area (Å²) in [6, 6.07) is 0. The molecular weight excluding hydrogens is 220 g/mol. The molecular formula is C12H20N2OS. The maximum absolute atomic E-state index is 9.65. The summed E-state index contributed by atoms with van der Waals surface area (Å²) in [5.41, 5.74) is 0.0459. The average molecular weight is 240 g/mol. The molecule has 0 amide bonds. The number of nitrogens with one attached hydrogen (secondary N) is 1. The standard InChI is InChI=1S/C12H20N2OS/c1-2-10(15)9-14-12(5-3-4-6-12)11-13-7-8-16-11/h7-8,10,14-15H,2-6,9H2,1H3. The molecule has 1 aromatic rings. The van der Waals surface area contributed by atoms with Crippen LogP contribution in [0.2, 0.25) is 0 Å². The van der Waals surface area contributed by atoms with Crippen molar-refractivity contribution >= 4 is 11.3 Å². The van der Waals surface area contributed by atoms with E-state index in [9.17, 15) is 5.11 Å². The fourth-order valence-electron chi connectivity index (χ4n) is 2.36. The van der Waals surface area contributed by atoms with Crippen LogP contribution in [0, 0.1) is 0 Å². The smallest absolute Gasteiger partial charge is 0.113 e. The van der Waals surface area contributed by atoms with E-state index in [2.05, 4.69) is 10.3 Å². The molecule has 90 valence electrons. The maximum Gasteiger partial charge on any atom is 0.113 e. The Morgan fingerprint density at radius 2 is 2.31 bits per heavy atom. The summed E-state index contributed by atoms with van der Waals surface area (Å²) in [6.07, 6.45) is 7.26. The minimum Gasteiger partial charge on any atom is -0.392 e. The molecule has 0 aliphatic heterocycles. The molecule has 2 rings (SSSR count). The molecule has 1 unspecified atom stereocenters. The molecule has 0 spiro atoms. The van der Waals surface area contributed by atoms with E-state index in [0.29, 0.717) is 6.54 Å². The van der Waals surface area contributed by atoms with Crippen LogP contribution in [0.3, 0.4) is 0 Å². The van der Waals surface area contributed by atoms with Gasteiger partial charge in [-0.3, -0.25) is 0 Å². The highest BCUT2D eigenvalue weighted by Gasteiger charge is 2.37. The monoisotopic (exact) mass is 240 g/mol. The molecule has 1 aliphatic carbocycles. The van der Waals surface area contributed by atoms with Crippen molar-refractivity contribution in [2.45, 2.75) is 50.7 Å². The number of aromatic nitrogens is 1. The lowest BCUT2D eigenvalue weighted by Crippen LogP contribution is -2.43. The van der Waals surface area contributed by atoms with Crippen molar-refractivity contribution in [3.8, 4) is 0 Å². The second-order valence-corrected chi connectivity index (χ2v) is 5.46. The van der Waals surface area contributed by atoms with Gasteiger partial charge in [-0.15, -0.1) is 11.3 Å². The lowest BCUT2D eigenvalue weighted by molar-refractivity contribution is 0.149. The highest BCUT2D eigenvalue weighted by atomic mass is 32.1. The summed E-state index contributed by atoms with van der Waals surface area (Å²) in [4.78, 5) is 4.45. The fraction of sp³-hybridized carbons (Fsp3) is 0.750. The Balaban J connectivity index is 2.05. The molecule has 0 bridgehead atoms. The number of rotatable bonds is 5. The Kier molecular flexibility index (Phi) is 3.95. The first kappa shape index (κ1) is 12.0. The minimum absolute atomic E-state index is 0.0459. The molecule has 1 atom stereocenters. The van der Waals surface area contributed by atoms with Crippen LogP contribution in [0.4, 0.5) is 0 Å². The van der Waals surface area contributed by atoms with E-state index >= 15 is 0 Å². The summed E-state index contributed by atoms with van der Waals surface area (Å²) in [7, 11) is 0. The number of nitrogens with zero attached hydrogens (tertiary/aromatic N) is 1. The van der Waals surface area contributed by atoms with E-state index < -0.39 is 0 Å². The Morgan fingerprint density at radius 3 is 2.88 bits per heavy atom. The van der Waals surface area contributed by atoms with Crippen molar-refractivity contribution in [3.05, 3.63) is 16.6 Å². The normalized spacial score (nSPS) is 21.1. The van der Waals surface area contributed by atoms with Crippen molar-refractivity contribution in [2.24, 2.45) is 0 Å². The van der Waals surface area contributed by atoms with Gasteiger partial charge in [0.15, 0.2) is 0 Å². The van der Waals surface area contributed by atoms with Gasteiger partial charge >= 0.3 is 0 Å². The molecule has 4 heteroatoms. The van der Waals surface area contributed by atoms with Crippen molar-refractivity contribution in [1.82, 2.24) is 10.3 Å². The summed E-state index contributed by atoms with van der Waals surface area (Å²) in [5.74, 6) is 0. The molecule has 16 heavy (non-hydrogen) atoms. The largest absolute Gasteiger partial charge is 0.392 e. The van der Waals surface area contributed by atoms with E-state index in [1.54, 1.807) is 11.3 Å².